The van der Waals surface area contributed by atoms with E-state index in [1.54, 1.807) is 29.3 Å². The van der Waals surface area contributed by atoms with E-state index in [2.05, 4.69) is 15.3 Å². The molecule has 0 saturated heterocycles. The monoisotopic (exact) mass is 381 g/mol. The van der Waals surface area contributed by atoms with Crippen molar-refractivity contribution >= 4 is 12.0 Å². The first-order chi connectivity index (χ1) is 14.3. The van der Waals surface area contributed by atoms with E-state index in [0.717, 1.165) is 28.2 Å². The van der Waals surface area contributed by atoms with Crippen molar-refractivity contribution in [2.75, 3.05) is 0 Å². The molecule has 0 spiro atoms. The summed E-state index contributed by atoms with van der Waals surface area (Å²) in [5.41, 5.74) is 4.22. The molecule has 0 bridgehead atoms. The Morgan fingerprint density at radius 1 is 1.00 bits per heavy atom. The molecule has 6 heteroatoms. The molecule has 0 aliphatic heterocycles. The molecule has 142 valence electrons. The third-order valence-corrected chi connectivity index (χ3v) is 4.28. The van der Waals surface area contributed by atoms with Crippen LogP contribution in [0.1, 0.15) is 11.3 Å². The maximum atomic E-state index is 12.2. The molecule has 29 heavy (non-hydrogen) atoms. The van der Waals surface area contributed by atoms with E-state index in [-0.39, 0.29) is 5.91 Å². The van der Waals surface area contributed by atoms with Gasteiger partial charge in [-0.3, -0.25) is 14.8 Å². The molecule has 0 aliphatic rings. The summed E-state index contributed by atoms with van der Waals surface area (Å²) in [6.45, 7) is 0.378. The standard InChI is InChI=1S/C23H19N5O/c29-22(26-16-20-8-4-5-14-25-20)12-11-19-17-28(21-9-2-1-3-10-21)27-23(19)18-7-6-13-24-15-18/h1-15,17H,16H2,(H,26,29)/b12-11+. The lowest BCUT2D eigenvalue weighted by molar-refractivity contribution is -0.116. The fourth-order valence-corrected chi connectivity index (χ4v) is 2.85. The minimum absolute atomic E-state index is 0.194. The molecular weight excluding hydrogens is 362 g/mol. The third kappa shape index (κ3) is 4.62. The Morgan fingerprint density at radius 3 is 2.62 bits per heavy atom. The van der Waals surface area contributed by atoms with Crippen LogP contribution in [0, 0.1) is 0 Å². The predicted molar refractivity (Wildman–Crippen MR) is 112 cm³/mol. The molecule has 0 atom stereocenters. The minimum Gasteiger partial charge on any atom is -0.347 e. The smallest absolute Gasteiger partial charge is 0.244 e. The maximum Gasteiger partial charge on any atom is 0.244 e. The molecule has 4 rings (SSSR count). The highest BCUT2D eigenvalue weighted by molar-refractivity contribution is 5.92. The Kier molecular flexibility index (Phi) is 5.53. The van der Waals surface area contributed by atoms with Crippen molar-refractivity contribution in [3.8, 4) is 16.9 Å². The first-order valence-electron chi connectivity index (χ1n) is 9.21. The largest absolute Gasteiger partial charge is 0.347 e. The van der Waals surface area contributed by atoms with Gasteiger partial charge in [-0.15, -0.1) is 0 Å². The van der Waals surface area contributed by atoms with Gasteiger partial charge < -0.3 is 5.32 Å². The van der Waals surface area contributed by atoms with Gasteiger partial charge in [0.2, 0.25) is 5.91 Å². The lowest BCUT2D eigenvalue weighted by Crippen LogP contribution is -2.20. The fourth-order valence-electron chi connectivity index (χ4n) is 2.85. The van der Waals surface area contributed by atoms with E-state index < -0.39 is 0 Å². The van der Waals surface area contributed by atoms with Crippen LogP contribution in [0.3, 0.4) is 0 Å². The van der Waals surface area contributed by atoms with E-state index in [4.69, 9.17) is 5.10 Å². The van der Waals surface area contributed by atoms with Gasteiger partial charge in [0, 0.05) is 42.0 Å². The number of pyridine rings is 2. The number of benzene rings is 1. The number of para-hydroxylation sites is 1. The Hall–Kier alpha value is -4.06. The zero-order valence-electron chi connectivity index (χ0n) is 15.6. The lowest BCUT2D eigenvalue weighted by atomic mass is 10.1. The van der Waals surface area contributed by atoms with Gasteiger partial charge in [0.1, 0.15) is 5.69 Å². The number of amides is 1. The van der Waals surface area contributed by atoms with Crippen molar-refractivity contribution in [1.82, 2.24) is 25.1 Å². The van der Waals surface area contributed by atoms with Crippen LogP contribution in [0.25, 0.3) is 23.0 Å². The van der Waals surface area contributed by atoms with Crippen LogP contribution in [0.2, 0.25) is 0 Å². The zero-order chi connectivity index (χ0) is 19.9. The summed E-state index contributed by atoms with van der Waals surface area (Å²) in [5, 5.41) is 7.55. The topological polar surface area (TPSA) is 72.7 Å². The Balaban J connectivity index is 1.57. The number of rotatable bonds is 6. The van der Waals surface area contributed by atoms with E-state index in [1.807, 2.05) is 66.9 Å². The van der Waals surface area contributed by atoms with Gasteiger partial charge in [-0.25, -0.2) is 4.68 Å². The van der Waals surface area contributed by atoms with Gasteiger partial charge >= 0.3 is 0 Å². The number of aromatic nitrogens is 4. The van der Waals surface area contributed by atoms with Gasteiger partial charge in [-0.05, 0) is 42.5 Å². The molecule has 0 aliphatic carbocycles. The molecule has 1 amide bonds. The summed E-state index contributed by atoms with van der Waals surface area (Å²) < 4.78 is 1.80. The number of hydrogen-bond acceptors (Lipinski definition) is 4. The van der Waals surface area contributed by atoms with Gasteiger partial charge in [0.05, 0.1) is 17.9 Å². The average Bonchev–Trinajstić information content (AvgIpc) is 3.22. The fraction of sp³-hybridized carbons (Fsp3) is 0.0435. The van der Waals surface area contributed by atoms with Crippen LogP contribution in [-0.4, -0.2) is 25.7 Å². The number of nitrogens with zero attached hydrogens (tertiary/aromatic N) is 4. The maximum absolute atomic E-state index is 12.2. The van der Waals surface area contributed by atoms with Crippen molar-refractivity contribution < 1.29 is 4.79 Å². The molecule has 1 N–H and O–H groups in total. The van der Waals surface area contributed by atoms with E-state index in [1.165, 1.54) is 6.08 Å². The Bertz CT molecular complexity index is 1110. The summed E-state index contributed by atoms with van der Waals surface area (Å²) in [6.07, 6.45) is 10.4. The predicted octanol–water partition coefficient (Wildman–Crippen LogP) is 3.66. The first-order valence-corrected chi connectivity index (χ1v) is 9.21. The number of carbonyl (C=O) groups excluding carboxylic acids is 1. The quantitative estimate of drug-likeness (QED) is 0.518. The normalized spacial score (nSPS) is 10.9. The van der Waals surface area contributed by atoms with Gasteiger partial charge in [0.25, 0.3) is 0 Å². The third-order valence-electron chi connectivity index (χ3n) is 4.28. The second-order valence-electron chi connectivity index (χ2n) is 6.33. The molecular formula is C23H19N5O. The van der Waals surface area contributed by atoms with Crippen molar-refractivity contribution in [3.05, 3.63) is 103 Å². The Morgan fingerprint density at radius 2 is 1.86 bits per heavy atom. The first kappa shape index (κ1) is 18.3. The molecule has 3 aromatic heterocycles. The lowest BCUT2D eigenvalue weighted by Gasteiger charge is -2.01. The van der Waals surface area contributed by atoms with Crippen molar-refractivity contribution in [2.24, 2.45) is 0 Å². The molecule has 0 saturated carbocycles. The van der Waals surface area contributed by atoms with Gasteiger partial charge in [-0.1, -0.05) is 24.3 Å². The second kappa shape index (κ2) is 8.75. The average molecular weight is 381 g/mol. The van der Waals surface area contributed by atoms with E-state index in [9.17, 15) is 4.79 Å². The highest BCUT2D eigenvalue weighted by Crippen LogP contribution is 2.24. The summed E-state index contributed by atoms with van der Waals surface area (Å²) in [7, 11) is 0. The molecule has 0 radical (unpaired) electrons. The molecule has 0 fully saturated rings. The van der Waals surface area contributed by atoms with Crippen molar-refractivity contribution in [1.29, 1.82) is 0 Å². The molecule has 6 nitrogen and oxygen atoms in total. The van der Waals surface area contributed by atoms with Crippen molar-refractivity contribution in [2.45, 2.75) is 6.54 Å². The van der Waals surface area contributed by atoms with Gasteiger partial charge in [-0.2, -0.15) is 5.10 Å². The number of nitrogens with one attached hydrogen (secondary N) is 1. The van der Waals surface area contributed by atoms with Crippen molar-refractivity contribution in [3.63, 3.8) is 0 Å². The van der Waals surface area contributed by atoms with E-state index >= 15 is 0 Å². The summed E-state index contributed by atoms with van der Waals surface area (Å²) in [4.78, 5) is 20.6. The van der Waals surface area contributed by atoms with Crippen LogP contribution in [0.4, 0.5) is 0 Å². The van der Waals surface area contributed by atoms with Crippen LogP contribution in [-0.2, 0) is 11.3 Å². The van der Waals surface area contributed by atoms with Crippen LogP contribution in [0.5, 0.6) is 0 Å². The molecule has 1 aromatic carbocycles. The highest BCUT2D eigenvalue weighted by atomic mass is 16.1. The van der Waals surface area contributed by atoms with Gasteiger partial charge in [0.15, 0.2) is 0 Å². The van der Waals surface area contributed by atoms with E-state index in [0.29, 0.717) is 6.54 Å². The number of carbonyl (C=O) groups is 1. The Labute approximate surface area is 168 Å². The van der Waals surface area contributed by atoms with Crippen LogP contribution in [0.15, 0.2) is 91.5 Å². The van der Waals surface area contributed by atoms with Crippen LogP contribution < -0.4 is 5.32 Å². The van der Waals surface area contributed by atoms with Crippen LogP contribution >= 0.6 is 0 Å². The number of hydrogen-bond donors (Lipinski definition) is 1. The molecule has 0 unspecified atom stereocenters. The highest BCUT2D eigenvalue weighted by Gasteiger charge is 2.11. The molecule has 3 heterocycles. The summed E-state index contributed by atoms with van der Waals surface area (Å²) in [6, 6.07) is 19.3. The SMILES string of the molecule is O=C(/C=C/c1cn(-c2ccccc2)nc1-c1cccnc1)NCc1ccccn1. The second-order valence-corrected chi connectivity index (χ2v) is 6.33. The summed E-state index contributed by atoms with van der Waals surface area (Å²) >= 11 is 0. The molecule has 4 aromatic rings. The zero-order valence-corrected chi connectivity index (χ0v) is 15.6. The minimum atomic E-state index is -0.194. The summed E-state index contributed by atoms with van der Waals surface area (Å²) in [5.74, 6) is -0.194.